The lowest BCUT2D eigenvalue weighted by atomic mass is 9.94. The number of benzene rings is 4. The minimum absolute atomic E-state index is 0.0343. The molecule has 1 atom stereocenters. The number of nitrogens with zero attached hydrogens (tertiary/aromatic N) is 1. The van der Waals surface area contributed by atoms with Gasteiger partial charge in [0, 0.05) is 12.2 Å². The van der Waals surface area contributed by atoms with Crippen LogP contribution in [-0.2, 0) is 26.0 Å². The third kappa shape index (κ3) is 7.52. The highest BCUT2D eigenvalue weighted by Crippen LogP contribution is 2.24. The molecule has 0 radical (unpaired) electrons. The summed E-state index contributed by atoms with van der Waals surface area (Å²) in [5.74, 6) is -2.62. The van der Waals surface area contributed by atoms with Crippen LogP contribution in [0.5, 0.6) is 0 Å². The minimum atomic E-state index is -4.15. The molecule has 0 heterocycles. The van der Waals surface area contributed by atoms with Crippen LogP contribution < -0.4 is 9.62 Å². The van der Waals surface area contributed by atoms with Gasteiger partial charge in [-0.2, -0.15) is 0 Å². The van der Waals surface area contributed by atoms with E-state index in [1.54, 1.807) is 36.4 Å². The zero-order valence-corrected chi connectivity index (χ0v) is 22.4. The van der Waals surface area contributed by atoms with Gasteiger partial charge in [0.15, 0.2) is 0 Å². The Morgan fingerprint density at radius 3 is 2.03 bits per heavy atom. The standard InChI is InChI=1S/C32H30N2O4S/c1-2-34(29-19-10-5-11-20-29)32(36)30(24-26-15-12-18-28(23-26)27-16-8-4-9-17-27)31(35)33-39(37,38)22-21-25-13-6-3-7-14-25/h3-23,30H,2,24H2,1H3,(H,33,35)/b22-21+. The summed E-state index contributed by atoms with van der Waals surface area (Å²) in [6.07, 6.45) is 1.44. The van der Waals surface area contributed by atoms with Crippen molar-refractivity contribution >= 4 is 33.6 Å². The smallest absolute Gasteiger partial charge is 0.257 e. The van der Waals surface area contributed by atoms with Gasteiger partial charge < -0.3 is 4.90 Å². The maximum absolute atomic E-state index is 13.8. The van der Waals surface area contributed by atoms with E-state index in [1.807, 2.05) is 85.8 Å². The second-order valence-corrected chi connectivity index (χ2v) is 10.5. The molecule has 4 aromatic carbocycles. The fourth-order valence-electron chi connectivity index (χ4n) is 4.28. The SMILES string of the molecule is CCN(C(=O)C(Cc1cccc(-c2ccccc2)c1)C(=O)NS(=O)(=O)/C=C/c1ccccc1)c1ccccc1. The van der Waals surface area contributed by atoms with Crippen molar-refractivity contribution in [3.8, 4) is 11.1 Å². The number of carbonyl (C=O) groups is 2. The van der Waals surface area contributed by atoms with Gasteiger partial charge in [-0.15, -0.1) is 0 Å². The van der Waals surface area contributed by atoms with Crippen LogP contribution in [0.1, 0.15) is 18.1 Å². The van der Waals surface area contributed by atoms with E-state index in [4.69, 9.17) is 0 Å². The van der Waals surface area contributed by atoms with Gasteiger partial charge in [-0.1, -0.05) is 103 Å². The number of hydrogen-bond donors (Lipinski definition) is 1. The van der Waals surface area contributed by atoms with Crippen LogP contribution in [0.3, 0.4) is 0 Å². The van der Waals surface area contributed by atoms with Crippen molar-refractivity contribution in [3.05, 3.63) is 132 Å². The van der Waals surface area contributed by atoms with E-state index in [0.717, 1.165) is 22.1 Å². The quantitative estimate of drug-likeness (QED) is 0.263. The van der Waals surface area contributed by atoms with Gasteiger partial charge in [0.1, 0.15) is 5.92 Å². The molecule has 0 aliphatic rings. The maximum atomic E-state index is 13.8. The Balaban J connectivity index is 1.63. The predicted octanol–water partition coefficient (Wildman–Crippen LogP) is 5.68. The van der Waals surface area contributed by atoms with Crippen LogP contribution in [0.15, 0.2) is 121 Å². The first-order valence-electron chi connectivity index (χ1n) is 12.7. The molecule has 4 aromatic rings. The monoisotopic (exact) mass is 538 g/mol. The number of hydrogen-bond acceptors (Lipinski definition) is 4. The molecule has 2 amide bonds. The Labute approximate surface area is 229 Å². The van der Waals surface area contributed by atoms with E-state index in [-0.39, 0.29) is 6.42 Å². The summed E-state index contributed by atoms with van der Waals surface area (Å²) in [7, 11) is -4.15. The molecule has 0 saturated carbocycles. The summed E-state index contributed by atoms with van der Waals surface area (Å²) in [5.41, 5.74) is 3.98. The summed E-state index contributed by atoms with van der Waals surface area (Å²) < 4.78 is 27.7. The first-order chi connectivity index (χ1) is 18.9. The van der Waals surface area contributed by atoms with E-state index in [9.17, 15) is 18.0 Å². The second-order valence-electron chi connectivity index (χ2n) is 8.97. The molecule has 7 heteroatoms. The van der Waals surface area contributed by atoms with Crippen LogP contribution in [-0.4, -0.2) is 26.8 Å². The van der Waals surface area contributed by atoms with Crippen LogP contribution in [0.2, 0.25) is 0 Å². The summed E-state index contributed by atoms with van der Waals surface area (Å²) in [4.78, 5) is 28.7. The molecule has 1 unspecified atom stereocenters. The van der Waals surface area contributed by atoms with Crippen LogP contribution >= 0.6 is 0 Å². The number of sulfonamides is 1. The van der Waals surface area contributed by atoms with E-state index in [0.29, 0.717) is 17.8 Å². The number of para-hydroxylation sites is 1. The molecule has 0 aliphatic carbocycles. The van der Waals surface area contributed by atoms with Gasteiger partial charge in [-0.05, 0) is 53.8 Å². The van der Waals surface area contributed by atoms with Crippen molar-refractivity contribution in [1.29, 1.82) is 0 Å². The molecule has 0 spiro atoms. The number of carbonyl (C=O) groups excluding carboxylic acids is 2. The maximum Gasteiger partial charge on any atom is 0.257 e. The summed E-state index contributed by atoms with van der Waals surface area (Å²) in [5, 5.41) is 0.937. The molecule has 0 aliphatic heterocycles. The van der Waals surface area contributed by atoms with Gasteiger partial charge in [-0.3, -0.25) is 9.59 Å². The van der Waals surface area contributed by atoms with E-state index in [1.165, 1.54) is 11.0 Å². The Hall–Kier alpha value is -4.49. The second kappa shape index (κ2) is 12.8. The van der Waals surface area contributed by atoms with Gasteiger partial charge >= 0.3 is 0 Å². The summed E-state index contributed by atoms with van der Waals surface area (Å²) in [6.45, 7) is 2.13. The molecule has 0 bridgehead atoms. The zero-order chi connectivity index (χ0) is 27.7. The highest BCUT2D eigenvalue weighted by Gasteiger charge is 2.33. The van der Waals surface area contributed by atoms with Crippen LogP contribution in [0, 0.1) is 5.92 Å². The van der Waals surface area contributed by atoms with E-state index in [2.05, 4.69) is 4.72 Å². The average Bonchev–Trinajstić information content (AvgIpc) is 2.96. The highest BCUT2D eigenvalue weighted by molar-refractivity contribution is 7.93. The number of amides is 2. The highest BCUT2D eigenvalue weighted by atomic mass is 32.2. The van der Waals surface area contributed by atoms with Crippen molar-refractivity contribution in [1.82, 2.24) is 4.72 Å². The largest absolute Gasteiger partial charge is 0.312 e. The van der Waals surface area contributed by atoms with E-state index >= 15 is 0 Å². The fraction of sp³-hybridized carbons (Fsp3) is 0.125. The molecule has 0 aromatic heterocycles. The number of anilines is 1. The molecule has 1 N–H and O–H groups in total. The van der Waals surface area contributed by atoms with Gasteiger partial charge in [-0.25, -0.2) is 13.1 Å². The fourth-order valence-corrected chi connectivity index (χ4v) is 5.10. The van der Waals surface area contributed by atoms with Crippen LogP contribution in [0.4, 0.5) is 5.69 Å². The molecule has 0 fully saturated rings. The molecular weight excluding hydrogens is 508 g/mol. The lowest BCUT2D eigenvalue weighted by Gasteiger charge is -2.26. The minimum Gasteiger partial charge on any atom is -0.312 e. The van der Waals surface area contributed by atoms with Crippen molar-refractivity contribution in [2.75, 3.05) is 11.4 Å². The van der Waals surface area contributed by atoms with Crippen molar-refractivity contribution in [3.63, 3.8) is 0 Å². The Bertz CT molecular complexity index is 1540. The topological polar surface area (TPSA) is 83.6 Å². The third-order valence-corrected chi connectivity index (χ3v) is 7.20. The Morgan fingerprint density at radius 2 is 1.38 bits per heavy atom. The Kier molecular flexibility index (Phi) is 9.07. The van der Waals surface area contributed by atoms with Crippen molar-refractivity contribution in [2.45, 2.75) is 13.3 Å². The predicted molar refractivity (Wildman–Crippen MR) is 156 cm³/mol. The van der Waals surface area contributed by atoms with Crippen LogP contribution in [0.25, 0.3) is 17.2 Å². The molecule has 0 saturated heterocycles. The molecule has 39 heavy (non-hydrogen) atoms. The molecular formula is C32H30N2O4S. The average molecular weight is 539 g/mol. The third-order valence-electron chi connectivity index (χ3n) is 6.22. The van der Waals surface area contributed by atoms with Crippen molar-refractivity contribution in [2.24, 2.45) is 5.92 Å². The van der Waals surface area contributed by atoms with E-state index < -0.39 is 27.8 Å². The Morgan fingerprint density at radius 1 is 0.795 bits per heavy atom. The van der Waals surface area contributed by atoms with Gasteiger partial charge in [0.05, 0.1) is 5.41 Å². The molecule has 4 rings (SSSR count). The zero-order valence-electron chi connectivity index (χ0n) is 21.6. The van der Waals surface area contributed by atoms with Gasteiger partial charge in [0.25, 0.3) is 10.0 Å². The van der Waals surface area contributed by atoms with Gasteiger partial charge in [0.2, 0.25) is 11.8 Å². The lowest BCUT2D eigenvalue weighted by Crippen LogP contribution is -2.46. The first-order valence-corrected chi connectivity index (χ1v) is 14.2. The molecule has 198 valence electrons. The summed E-state index contributed by atoms with van der Waals surface area (Å²) >= 11 is 0. The van der Waals surface area contributed by atoms with Crippen molar-refractivity contribution < 1.29 is 18.0 Å². The lowest BCUT2D eigenvalue weighted by molar-refractivity contribution is -0.132. The number of nitrogens with one attached hydrogen (secondary N) is 1. The number of rotatable bonds is 10. The summed E-state index contributed by atoms with van der Waals surface area (Å²) in [6, 6.07) is 35.3. The molecule has 6 nitrogen and oxygen atoms in total. The normalized spacial score (nSPS) is 12.1. The first kappa shape index (κ1) is 27.5.